The average Bonchev–Trinajstić information content (AvgIpc) is 3.06. The number of carbonyl (C=O) groups is 2. The predicted octanol–water partition coefficient (Wildman–Crippen LogP) is 4.00. The Labute approximate surface area is 202 Å². The summed E-state index contributed by atoms with van der Waals surface area (Å²) in [5, 5.41) is 8.84. The van der Waals surface area contributed by atoms with Gasteiger partial charge >= 0.3 is 5.97 Å². The van der Waals surface area contributed by atoms with Crippen LogP contribution in [0, 0.1) is 12.7 Å². The van der Waals surface area contributed by atoms with Crippen molar-refractivity contribution >= 4 is 51.9 Å². The number of hydrogen-bond donors (Lipinski definition) is 1. The molecule has 174 valence electrons. The first-order valence-corrected chi connectivity index (χ1v) is 11.4. The summed E-state index contributed by atoms with van der Waals surface area (Å²) >= 11 is 6.29. The molecule has 4 rings (SSSR count). The van der Waals surface area contributed by atoms with Crippen molar-refractivity contribution in [1.29, 1.82) is 0 Å². The van der Waals surface area contributed by atoms with Crippen LogP contribution in [0.1, 0.15) is 24.0 Å². The van der Waals surface area contributed by atoms with E-state index in [0.717, 1.165) is 17.3 Å². The highest BCUT2D eigenvalue weighted by Gasteiger charge is 2.32. The number of aryl methyl sites for hydroxylation is 1. The first kappa shape index (κ1) is 23.6. The second kappa shape index (κ2) is 9.74. The quantitative estimate of drug-likeness (QED) is 0.385. The van der Waals surface area contributed by atoms with Gasteiger partial charge < -0.3 is 9.84 Å². The number of aliphatic carboxylic acids is 1. The number of carboxylic acid groups (broad SMARTS) is 1. The van der Waals surface area contributed by atoms with E-state index < -0.39 is 23.3 Å². The molecule has 0 unspecified atom stereocenters. The van der Waals surface area contributed by atoms with E-state index in [1.165, 1.54) is 39.6 Å². The molecule has 11 heteroatoms. The normalized spacial score (nSPS) is 14.9. The van der Waals surface area contributed by atoms with Gasteiger partial charge in [-0.2, -0.15) is 4.98 Å². The number of thiocarbonyl (C=S) groups is 1. The molecule has 0 bridgehead atoms. The molecule has 34 heavy (non-hydrogen) atoms. The van der Waals surface area contributed by atoms with E-state index in [1.54, 1.807) is 25.3 Å². The van der Waals surface area contributed by atoms with Gasteiger partial charge in [0.25, 0.3) is 11.5 Å². The smallest absolute Gasteiger partial charge is 0.303 e. The third kappa shape index (κ3) is 4.85. The lowest BCUT2D eigenvalue weighted by Crippen LogP contribution is -2.29. The Morgan fingerprint density at radius 1 is 1.26 bits per heavy atom. The van der Waals surface area contributed by atoms with Gasteiger partial charge in [0.15, 0.2) is 0 Å². The summed E-state index contributed by atoms with van der Waals surface area (Å²) in [5.41, 5.74) is 0.684. The Kier molecular flexibility index (Phi) is 6.75. The van der Waals surface area contributed by atoms with Crippen molar-refractivity contribution in [2.75, 3.05) is 6.54 Å². The van der Waals surface area contributed by atoms with Crippen LogP contribution in [-0.2, 0) is 9.59 Å². The van der Waals surface area contributed by atoms with Crippen LogP contribution in [0.25, 0.3) is 11.7 Å². The van der Waals surface area contributed by atoms with Crippen LogP contribution in [0.15, 0.2) is 52.3 Å². The molecule has 1 amide bonds. The number of hydrogen-bond acceptors (Lipinski definition) is 7. The number of fused-ring (bicyclic) bond motifs is 1. The fourth-order valence-corrected chi connectivity index (χ4v) is 4.61. The fourth-order valence-electron chi connectivity index (χ4n) is 3.32. The van der Waals surface area contributed by atoms with E-state index in [-0.39, 0.29) is 45.8 Å². The molecular weight excluding hydrogens is 481 g/mol. The molecule has 0 aliphatic carbocycles. The number of thioether (sulfide) groups is 1. The lowest BCUT2D eigenvalue weighted by molar-refractivity contribution is -0.137. The molecule has 2 aromatic heterocycles. The van der Waals surface area contributed by atoms with Crippen LogP contribution < -0.4 is 10.3 Å². The number of ether oxygens (including phenoxy) is 1. The number of carboxylic acids is 1. The maximum Gasteiger partial charge on any atom is 0.303 e. The monoisotopic (exact) mass is 499 g/mol. The maximum absolute atomic E-state index is 13.4. The van der Waals surface area contributed by atoms with Gasteiger partial charge in [0, 0.05) is 19.2 Å². The first-order valence-electron chi connectivity index (χ1n) is 10.2. The highest BCUT2D eigenvalue weighted by atomic mass is 32.2. The standard InChI is InChI=1S/C23H18FN3O5S2/c1-13-4-2-10-26-19(13)25-20(32-15-8-6-14(24)7-9-15)16(21(26)30)12-17-22(31)27(23(33)34-17)11-3-5-18(28)29/h2,4,6-10,12H,3,5,11H2,1H3,(H,28,29)/b17-12+. The Balaban J connectivity index is 1.77. The molecule has 0 saturated carbocycles. The number of nitrogens with zero attached hydrogens (tertiary/aromatic N) is 3. The number of amides is 1. The van der Waals surface area contributed by atoms with Gasteiger partial charge in [-0.1, -0.05) is 30.0 Å². The summed E-state index contributed by atoms with van der Waals surface area (Å²) < 4.78 is 20.8. The molecule has 3 heterocycles. The van der Waals surface area contributed by atoms with Crippen molar-refractivity contribution < 1.29 is 23.8 Å². The van der Waals surface area contributed by atoms with Crippen molar-refractivity contribution in [2.24, 2.45) is 0 Å². The molecule has 8 nitrogen and oxygen atoms in total. The molecule has 1 aliphatic heterocycles. The molecule has 1 aliphatic rings. The van der Waals surface area contributed by atoms with Gasteiger partial charge in [-0.05, 0) is 55.3 Å². The third-order valence-electron chi connectivity index (χ3n) is 5.00. The second-order valence-corrected chi connectivity index (χ2v) is 9.08. The molecule has 1 aromatic carbocycles. The van der Waals surface area contributed by atoms with Gasteiger partial charge in [-0.3, -0.25) is 23.7 Å². The third-order valence-corrected chi connectivity index (χ3v) is 6.38. The molecule has 0 radical (unpaired) electrons. The minimum Gasteiger partial charge on any atom is -0.481 e. The minimum absolute atomic E-state index is 0.0264. The SMILES string of the molecule is Cc1cccn2c(=O)c(/C=C3/SC(=S)N(CCCC(=O)O)C3=O)c(Oc3ccc(F)cc3)nc12. The van der Waals surface area contributed by atoms with Crippen LogP contribution in [0.4, 0.5) is 4.39 Å². The van der Waals surface area contributed by atoms with E-state index in [1.807, 2.05) is 0 Å². The van der Waals surface area contributed by atoms with E-state index in [0.29, 0.717) is 5.65 Å². The van der Waals surface area contributed by atoms with Crippen molar-refractivity contribution in [1.82, 2.24) is 14.3 Å². The molecule has 0 atom stereocenters. The van der Waals surface area contributed by atoms with Crippen molar-refractivity contribution in [2.45, 2.75) is 19.8 Å². The zero-order valence-corrected chi connectivity index (χ0v) is 19.5. The minimum atomic E-state index is -0.964. The number of halogens is 1. The summed E-state index contributed by atoms with van der Waals surface area (Å²) in [5.74, 6) is -1.61. The lowest BCUT2D eigenvalue weighted by atomic mass is 10.2. The van der Waals surface area contributed by atoms with Gasteiger partial charge in [-0.25, -0.2) is 4.39 Å². The van der Waals surface area contributed by atoms with Crippen molar-refractivity contribution in [3.05, 3.63) is 74.8 Å². The van der Waals surface area contributed by atoms with Crippen molar-refractivity contribution in [3.63, 3.8) is 0 Å². The predicted molar refractivity (Wildman–Crippen MR) is 129 cm³/mol. The highest BCUT2D eigenvalue weighted by molar-refractivity contribution is 8.26. The molecule has 1 N–H and O–H groups in total. The van der Waals surface area contributed by atoms with Crippen LogP contribution in [-0.4, -0.2) is 42.1 Å². The van der Waals surface area contributed by atoms with Gasteiger partial charge in [-0.15, -0.1) is 0 Å². The fraction of sp³-hybridized carbons (Fsp3) is 0.174. The number of carbonyl (C=O) groups excluding carboxylic acids is 1. The van der Waals surface area contributed by atoms with Crippen LogP contribution in [0.2, 0.25) is 0 Å². The van der Waals surface area contributed by atoms with Crippen LogP contribution in [0.5, 0.6) is 11.6 Å². The maximum atomic E-state index is 13.4. The Morgan fingerprint density at radius 3 is 2.71 bits per heavy atom. The largest absolute Gasteiger partial charge is 0.481 e. The Hall–Kier alpha value is -3.57. The topological polar surface area (TPSA) is 101 Å². The first-order chi connectivity index (χ1) is 16.2. The molecule has 1 saturated heterocycles. The summed E-state index contributed by atoms with van der Waals surface area (Å²) in [4.78, 5) is 43.1. The highest BCUT2D eigenvalue weighted by Crippen LogP contribution is 2.34. The van der Waals surface area contributed by atoms with E-state index in [2.05, 4.69) is 4.98 Å². The zero-order valence-electron chi connectivity index (χ0n) is 17.9. The summed E-state index contributed by atoms with van der Waals surface area (Å²) in [7, 11) is 0. The van der Waals surface area contributed by atoms with Crippen LogP contribution in [0.3, 0.4) is 0 Å². The Bertz CT molecular complexity index is 1400. The van der Waals surface area contributed by atoms with Gasteiger partial charge in [0.1, 0.15) is 27.1 Å². The van der Waals surface area contributed by atoms with E-state index in [4.69, 9.17) is 22.1 Å². The van der Waals surface area contributed by atoms with E-state index in [9.17, 15) is 18.8 Å². The second-order valence-electron chi connectivity index (χ2n) is 7.41. The number of rotatable bonds is 7. The number of aromatic nitrogens is 2. The van der Waals surface area contributed by atoms with E-state index >= 15 is 0 Å². The molecule has 3 aromatic rings. The average molecular weight is 500 g/mol. The Morgan fingerprint density at radius 2 is 2.00 bits per heavy atom. The number of benzene rings is 1. The lowest BCUT2D eigenvalue weighted by Gasteiger charge is -2.13. The number of pyridine rings is 1. The zero-order chi connectivity index (χ0) is 24.4. The van der Waals surface area contributed by atoms with Gasteiger partial charge in [0.05, 0.1) is 4.91 Å². The summed E-state index contributed by atoms with van der Waals surface area (Å²) in [6.07, 6.45) is 3.09. The van der Waals surface area contributed by atoms with Crippen LogP contribution >= 0.6 is 24.0 Å². The molecule has 1 fully saturated rings. The summed E-state index contributed by atoms with van der Waals surface area (Å²) in [6, 6.07) is 8.75. The van der Waals surface area contributed by atoms with Crippen molar-refractivity contribution in [3.8, 4) is 11.6 Å². The summed E-state index contributed by atoms with van der Waals surface area (Å²) in [6.45, 7) is 1.95. The van der Waals surface area contributed by atoms with Gasteiger partial charge in [0.2, 0.25) is 5.88 Å². The molecule has 0 spiro atoms. The molecular formula is C23H18FN3O5S2.